The van der Waals surface area contributed by atoms with Gasteiger partial charge in [0.05, 0.1) is 11.8 Å². The van der Waals surface area contributed by atoms with E-state index in [1.807, 2.05) is 29.2 Å². The number of ether oxygens (including phenoxy) is 1. The molecule has 4 heterocycles. The summed E-state index contributed by atoms with van der Waals surface area (Å²) >= 11 is 3.07. The van der Waals surface area contributed by atoms with Crippen molar-refractivity contribution in [2.24, 2.45) is 0 Å². The largest absolute Gasteiger partial charge is 0.450 e. The van der Waals surface area contributed by atoms with E-state index in [9.17, 15) is 9.59 Å². The Balaban J connectivity index is 1.31. The van der Waals surface area contributed by atoms with Crippen LogP contribution in [0.5, 0.6) is 0 Å². The molecule has 0 radical (unpaired) electrons. The second-order valence-electron chi connectivity index (χ2n) is 5.29. The Hall–Kier alpha value is -2.33. The SMILES string of the molecule is O=C(OCSc1cc[n+](-n2cnnc2)cc1)C1=CCS[C@H]2CC(=O)N12. The highest BCUT2D eigenvalue weighted by Gasteiger charge is 2.43. The van der Waals surface area contributed by atoms with Gasteiger partial charge >= 0.3 is 5.97 Å². The number of carbonyl (C=O) groups excluding carboxylic acids is 2. The van der Waals surface area contributed by atoms with Crippen LogP contribution in [0.1, 0.15) is 6.42 Å². The Kier molecular flexibility index (Phi) is 4.45. The molecule has 10 heteroatoms. The van der Waals surface area contributed by atoms with Gasteiger partial charge in [-0.05, 0) is 6.08 Å². The average molecular weight is 376 g/mol. The van der Waals surface area contributed by atoms with Crippen LogP contribution >= 0.6 is 23.5 Å². The lowest BCUT2D eigenvalue weighted by Crippen LogP contribution is -2.53. The highest BCUT2D eigenvalue weighted by molar-refractivity contribution is 8.00. The van der Waals surface area contributed by atoms with Gasteiger partial charge in [-0.2, -0.15) is 0 Å². The molecule has 1 atom stereocenters. The van der Waals surface area contributed by atoms with Crippen LogP contribution in [0.15, 0.2) is 53.8 Å². The van der Waals surface area contributed by atoms with Crippen LogP contribution in [0.3, 0.4) is 0 Å². The number of aromatic nitrogens is 4. The number of thioether (sulfide) groups is 2. The third-order valence-electron chi connectivity index (χ3n) is 3.81. The third kappa shape index (κ3) is 3.27. The predicted octanol–water partition coefficient (Wildman–Crippen LogP) is 0.659. The summed E-state index contributed by atoms with van der Waals surface area (Å²) in [5.74, 6) is 0.455. The Labute approximate surface area is 151 Å². The molecule has 0 unspecified atom stereocenters. The molecule has 0 aromatic carbocycles. The average Bonchev–Trinajstić information content (AvgIpc) is 3.15. The van der Waals surface area contributed by atoms with Crippen molar-refractivity contribution in [2.45, 2.75) is 16.7 Å². The van der Waals surface area contributed by atoms with E-state index >= 15 is 0 Å². The van der Waals surface area contributed by atoms with Gasteiger partial charge in [-0.25, -0.2) is 4.79 Å². The quantitative estimate of drug-likeness (QED) is 0.249. The van der Waals surface area contributed by atoms with Crippen LogP contribution in [0.2, 0.25) is 0 Å². The van der Waals surface area contributed by atoms with Crippen molar-refractivity contribution in [1.82, 2.24) is 19.8 Å². The van der Waals surface area contributed by atoms with Gasteiger partial charge in [-0.1, -0.05) is 21.1 Å². The van der Waals surface area contributed by atoms with Crippen molar-refractivity contribution in [3.8, 4) is 0 Å². The van der Waals surface area contributed by atoms with E-state index in [0.29, 0.717) is 12.1 Å². The fraction of sp³-hybridized carbons (Fsp3) is 0.267. The number of fused-ring (bicyclic) bond motifs is 1. The lowest BCUT2D eigenvalue weighted by molar-refractivity contribution is -0.728. The van der Waals surface area contributed by atoms with Crippen LogP contribution < -0.4 is 4.68 Å². The molecule has 2 aromatic rings. The summed E-state index contributed by atoms with van der Waals surface area (Å²) in [4.78, 5) is 26.3. The number of carbonyl (C=O) groups is 2. The molecule has 1 fully saturated rings. The molecule has 0 spiro atoms. The lowest BCUT2D eigenvalue weighted by atomic mass is 10.1. The number of β-lactam (4-membered cyclic amide) rings is 1. The van der Waals surface area contributed by atoms with Gasteiger partial charge in [-0.15, -0.1) is 22.0 Å². The van der Waals surface area contributed by atoms with Crippen LogP contribution in [0.4, 0.5) is 0 Å². The van der Waals surface area contributed by atoms with E-state index in [4.69, 9.17) is 4.74 Å². The summed E-state index contributed by atoms with van der Waals surface area (Å²) in [6, 6.07) is 3.81. The van der Waals surface area contributed by atoms with Gasteiger partial charge in [0.15, 0.2) is 12.7 Å². The van der Waals surface area contributed by atoms with Crippen molar-refractivity contribution in [3.05, 3.63) is 49.0 Å². The smallest absolute Gasteiger partial charge is 0.355 e. The zero-order valence-electron chi connectivity index (χ0n) is 13.0. The minimum Gasteiger partial charge on any atom is -0.450 e. The fourth-order valence-electron chi connectivity index (χ4n) is 2.52. The predicted molar refractivity (Wildman–Crippen MR) is 90.1 cm³/mol. The zero-order chi connectivity index (χ0) is 17.2. The number of rotatable bonds is 5. The molecule has 1 amide bonds. The molecule has 25 heavy (non-hydrogen) atoms. The van der Waals surface area contributed by atoms with E-state index in [-0.39, 0.29) is 17.2 Å². The number of nitrogens with zero attached hydrogens (tertiary/aromatic N) is 5. The Morgan fingerprint density at radius 2 is 2.12 bits per heavy atom. The van der Waals surface area contributed by atoms with E-state index in [2.05, 4.69) is 10.2 Å². The van der Waals surface area contributed by atoms with Crippen LogP contribution in [-0.2, 0) is 14.3 Å². The zero-order valence-corrected chi connectivity index (χ0v) is 14.7. The van der Waals surface area contributed by atoms with Gasteiger partial charge in [0.25, 0.3) is 0 Å². The van der Waals surface area contributed by atoms with Gasteiger partial charge in [0.1, 0.15) is 11.6 Å². The molecule has 0 N–H and O–H groups in total. The van der Waals surface area contributed by atoms with Crippen molar-refractivity contribution in [2.75, 3.05) is 11.7 Å². The minimum absolute atomic E-state index is 0.0188. The van der Waals surface area contributed by atoms with Crippen molar-refractivity contribution in [3.63, 3.8) is 0 Å². The number of pyridine rings is 1. The maximum Gasteiger partial charge on any atom is 0.355 e. The van der Waals surface area contributed by atoms with Crippen LogP contribution in [0, 0.1) is 0 Å². The summed E-state index contributed by atoms with van der Waals surface area (Å²) in [6.45, 7) is 0. The number of hydrogen-bond acceptors (Lipinski definition) is 7. The third-order valence-corrected chi connectivity index (χ3v) is 5.77. The van der Waals surface area contributed by atoms with Crippen LogP contribution in [-0.4, -0.2) is 48.7 Å². The van der Waals surface area contributed by atoms with E-state index < -0.39 is 5.97 Å². The molecular formula is C15H14N5O3S2+. The van der Waals surface area contributed by atoms with Crippen molar-refractivity contribution in [1.29, 1.82) is 0 Å². The maximum atomic E-state index is 12.2. The maximum absolute atomic E-state index is 12.2. The second-order valence-corrected chi connectivity index (χ2v) is 7.50. The van der Waals surface area contributed by atoms with Crippen molar-refractivity contribution < 1.29 is 19.0 Å². The van der Waals surface area contributed by atoms with E-state index in [1.165, 1.54) is 16.7 Å². The molecule has 4 rings (SSSR count). The molecule has 8 nitrogen and oxygen atoms in total. The van der Waals surface area contributed by atoms with Gasteiger partial charge < -0.3 is 4.74 Å². The molecule has 0 bridgehead atoms. The Morgan fingerprint density at radius 3 is 2.84 bits per heavy atom. The molecule has 2 aliphatic rings. The minimum atomic E-state index is -0.443. The topological polar surface area (TPSA) is 81.2 Å². The molecular weight excluding hydrogens is 362 g/mol. The number of hydrogen-bond donors (Lipinski definition) is 0. The Bertz CT molecular complexity index is 822. The lowest BCUT2D eigenvalue weighted by Gasteiger charge is -2.42. The first kappa shape index (κ1) is 16.2. The molecule has 0 saturated carbocycles. The van der Waals surface area contributed by atoms with Crippen molar-refractivity contribution >= 4 is 35.4 Å². The second kappa shape index (κ2) is 6.89. The first-order valence-corrected chi connectivity index (χ1v) is 9.56. The Morgan fingerprint density at radius 1 is 1.36 bits per heavy atom. The first-order valence-electron chi connectivity index (χ1n) is 7.53. The summed E-state index contributed by atoms with van der Waals surface area (Å²) in [5, 5.41) is 7.59. The molecule has 2 aromatic heterocycles. The monoisotopic (exact) mass is 376 g/mol. The van der Waals surface area contributed by atoms with Crippen LogP contribution in [0.25, 0.3) is 0 Å². The standard InChI is InChI=1S/C15H14N5O3S2/c21-13-7-14-20(13)12(3-6-24-14)15(22)23-10-25-11-1-4-18(5-2-11)19-8-16-17-9-19/h1-5,8-9,14H,6-7,10H2/q+1/t14-/m0/s1. The molecule has 128 valence electrons. The van der Waals surface area contributed by atoms with E-state index in [0.717, 1.165) is 10.6 Å². The summed E-state index contributed by atoms with van der Waals surface area (Å²) in [6.07, 6.45) is 9.16. The molecule has 1 saturated heterocycles. The normalized spacial score (nSPS) is 19.0. The summed E-state index contributed by atoms with van der Waals surface area (Å²) < 4.78 is 8.85. The van der Waals surface area contributed by atoms with Gasteiger partial charge in [0, 0.05) is 22.8 Å². The fourth-order valence-corrected chi connectivity index (χ4v) is 4.26. The molecule has 2 aliphatic heterocycles. The van der Waals surface area contributed by atoms with Gasteiger partial charge in [0.2, 0.25) is 18.3 Å². The number of esters is 1. The summed E-state index contributed by atoms with van der Waals surface area (Å²) in [7, 11) is 0. The first-order chi connectivity index (χ1) is 12.2. The highest BCUT2D eigenvalue weighted by atomic mass is 32.2. The highest BCUT2D eigenvalue weighted by Crippen LogP contribution is 2.37. The van der Waals surface area contributed by atoms with Gasteiger partial charge in [-0.3, -0.25) is 9.69 Å². The molecule has 0 aliphatic carbocycles. The number of amides is 1. The van der Waals surface area contributed by atoms with E-state index in [1.54, 1.807) is 35.2 Å². The summed E-state index contributed by atoms with van der Waals surface area (Å²) in [5.41, 5.74) is 0.374.